The predicted molar refractivity (Wildman–Crippen MR) is 128 cm³/mol. The van der Waals surface area contributed by atoms with Gasteiger partial charge in [-0.05, 0) is 35.4 Å². The fraction of sp³-hybridized carbons (Fsp3) is 0.308. The number of anilines is 1. The molecule has 3 heterocycles. The molecule has 0 aliphatic carbocycles. The van der Waals surface area contributed by atoms with Gasteiger partial charge in [0, 0.05) is 49.5 Å². The largest absolute Gasteiger partial charge is 0.493 e. The zero-order valence-electron chi connectivity index (χ0n) is 19.7. The van der Waals surface area contributed by atoms with E-state index in [1.54, 1.807) is 21.3 Å². The van der Waals surface area contributed by atoms with E-state index >= 15 is 0 Å². The first-order chi connectivity index (χ1) is 16.5. The van der Waals surface area contributed by atoms with E-state index in [1.807, 2.05) is 30.3 Å². The monoisotopic (exact) mass is 461 g/mol. The number of aromatic nitrogens is 1. The van der Waals surface area contributed by atoms with Crippen molar-refractivity contribution in [3.05, 3.63) is 65.0 Å². The van der Waals surface area contributed by atoms with Gasteiger partial charge >= 0.3 is 0 Å². The Morgan fingerprint density at radius 2 is 1.91 bits per heavy atom. The summed E-state index contributed by atoms with van der Waals surface area (Å²) in [5.74, 6) is 0.242. The third kappa shape index (κ3) is 3.33. The Hall–Kier alpha value is -3.78. The second-order valence-electron chi connectivity index (χ2n) is 8.45. The van der Waals surface area contributed by atoms with E-state index in [1.165, 1.54) is 11.8 Å². The number of methoxy groups -OCH3 is 3. The first kappa shape index (κ1) is 22.0. The summed E-state index contributed by atoms with van der Waals surface area (Å²) in [5, 5.41) is 4.54. The number of rotatable bonds is 6. The summed E-state index contributed by atoms with van der Waals surface area (Å²) < 4.78 is 18.5. The van der Waals surface area contributed by atoms with Crippen LogP contribution in [0, 0.1) is 0 Å². The number of nitrogens with zero attached hydrogens (tertiary/aromatic N) is 2. The molecule has 5 rings (SSSR count). The average Bonchev–Trinajstić information content (AvgIpc) is 3.32. The number of benzene rings is 2. The van der Waals surface area contributed by atoms with Crippen LogP contribution in [0.4, 0.5) is 5.69 Å². The lowest BCUT2D eigenvalue weighted by atomic mass is 9.84. The number of amides is 2. The maximum absolute atomic E-state index is 13.6. The summed E-state index contributed by atoms with van der Waals surface area (Å²) in [5.41, 5.74) is 5.16. The Morgan fingerprint density at radius 1 is 1.12 bits per heavy atom. The SMILES string of the molecule is COCCn1cc2c3c(cccc31)NC1=C(C(=O)N(C(C)=O)C1)C2c1ccc(OC)c(OC)c1. The van der Waals surface area contributed by atoms with Gasteiger partial charge < -0.3 is 24.1 Å². The van der Waals surface area contributed by atoms with E-state index < -0.39 is 5.92 Å². The smallest absolute Gasteiger partial charge is 0.259 e. The van der Waals surface area contributed by atoms with E-state index in [2.05, 4.69) is 22.1 Å². The summed E-state index contributed by atoms with van der Waals surface area (Å²) in [6.45, 7) is 2.88. The van der Waals surface area contributed by atoms with Crippen LogP contribution in [-0.4, -0.2) is 55.8 Å². The summed E-state index contributed by atoms with van der Waals surface area (Å²) >= 11 is 0. The van der Waals surface area contributed by atoms with E-state index in [-0.39, 0.29) is 18.4 Å². The minimum atomic E-state index is -0.394. The van der Waals surface area contributed by atoms with Crippen molar-refractivity contribution in [1.29, 1.82) is 0 Å². The quantitative estimate of drug-likeness (QED) is 0.605. The Morgan fingerprint density at radius 3 is 2.62 bits per heavy atom. The molecule has 2 aliphatic heterocycles. The van der Waals surface area contributed by atoms with E-state index in [9.17, 15) is 9.59 Å². The molecule has 1 atom stereocenters. The molecule has 2 aliphatic rings. The number of hydrogen-bond acceptors (Lipinski definition) is 6. The molecule has 1 aromatic heterocycles. The normalized spacial score (nSPS) is 17.0. The van der Waals surface area contributed by atoms with Gasteiger partial charge in [0.1, 0.15) is 0 Å². The van der Waals surface area contributed by atoms with Crippen molar-refractivity contribution in [2.24, 2.45) is 0 Å². The highest BCUT2D eigenvalue weighted by Gasteiger charge is 2.41. The fourth-order valence-corrected chi connectivity index (χ4v) is 5.03. The highest BCUT2D eigenvalue weighted by Crippen LogP contribution is 2.47. The standard InChI is InChI=1S/C26H27N3O5/c1-15(30)29-14-19-25(26(29)31)23(16-8-9-21(33-3)22(12-16)34-4)17-13-28(10-11-32-2)20-7-5-6-18(27-19)24(17)20/h5-9,12-13,23,27H,10-11,14H2,1-4H3. The number of imide groups is 1. The first-order valence-corrected chi connectivity index (χ1v) is 11.1. The minimum Gasteiger partial charge on any atom is -0.493 e. The van der Waals surface area contributed by atoms with Gasteiger partial charge in [0.2, 0.25) is 5.91 Å². The van der Waals surface area contributed by atoms with Crippen LogP contribution in [0.5, 0.6) is 11.5 Å². The number of carbonyl (C=O) groups excluding carboxylic acids is 2. The van der Waals surface area contributed by atoms with Gasteiger partial charge in [0.05, 0.1) is 38.5 Å². The molecule has 0 saturated carbocycles. The lowest BCUT2D eigenvalue weighted by Crippen LogP contribution is -2.33. The molecule has 8 heteroatoms. The molecule has 0 spiro atoms. The maximum atomic E-state index is 13.6. The van der Waals surface area contributed by atoms with Crippen molar-refractivity contribution in [2.75, 3.05) is 39.8 Å². The Bertz CT molecular complexity index is 1340. The number of hydrogen-bond donors (Lipinski definition) is 1. The van der Waals surface area contributed by atoms with Crippen molar-refractivity contribution in [2.45, 2.75) is 19.4 Å². The molecule has 2 amide bonds. The predicted octanol–water partition coefficient (Wildman–Crippen LogP) is 3.51. The Kier molecular flexibility index (Phi) is 5.53. The lowest BCUT2D eigenvalue weighted by molar-refractivity contribution is -0.139. The van der Waals surface area contributed by atoms with Gasteiger partial charge in [-0.1, -0.05) is 12.1 Å². The van der Waals surface area contributed by atoms with Crippen LogP contribution in [0.1, 0.15) is 24.0 Å². The molecular weight excluding hydrogens is 434 g/mol. The first-order valence-electron chi connectivity index (χ1n) is 11.1. The zero-order chi connectivity index (χ0) is 24.0. The van der Waals surface area contributed by atoms with Gasteiger partial charge in [-0.25, -0.2) is 0 Å². The zero-order valence-corrected chi connectivity index (χ0v) is 19.7. The van der Waals surface area contributed by atoms with E-state index in [0.717, 1.165) is 33.4 Å². The topological polar surface area (TPSA) is 82.0 Å². The Balaban J connectivity index is 1.77. The molecule has 2 aromatic carbocycles. The summed E-state index contributed by atoms with van der Waals surface area (Å²) in [4.78, 5) is 27.1. The molecule has 0 radical (unpaired) electrons. The van der Waals surface area contributed by atoms with Crippen molar-refractivity contribution in [3.63, 3.8) is 0 Å². The van der Waals surface area contributed by atoms with Crippen LogP contribution in [0.15, 0.2) is 53.9 Å². The molecule has 0 bridgehead atoms. The molecule has 8 nitrogen and oxygen atoms in total. The molecular formula is C26H27N3O5. The molecule has 34 heavy (non-hydrogen) atoms. The number of ether oxygens (including phenoxy) is 3. The van der Waals surface area contributed by atoms with Crippen molar-refractivity contribution >= 4 is 28.4 Å². The van der Waals surface area contributed by atoms with Crippen molar-refractivity contribution in [3.8, 4) is 11.5 Å². The molecule has 1 N–H and O–H groups in total. The van der Waals surface area contributed by atoms with Crippen LogP contribution >= 0.6 is 0 Å². The van der Waals surface area contributed by atoms with Crippen LogP contribution < -0.4 is 14.8 Å². The summed E-state index contributed by atoms with van der Waals surface area (Å²) in [6.07, 6.45) is 2.09. The summed E-state index contributed by atoms with van der Waals surface area (Å²) in [7, 11) is 4.86. The highest BCUT2D eigenvalue weighted by molar-refractivity contribution is 6.11. The molecule has 3 aromatic rings. The molecule has 1 unspecified atom stereocenters. The number of carbonyl (C=O) groups is 2. The third-order valence-corrected chi connectivity index (χ3v) is 6.59. The Labute approximate surface area is 197 Å². The van der Waals surface area contributed by atoms with Crippen molar-refractivity contribution < 1.29 is 23.8 Å². The van der Waals surface area contributed by atoms with Gasteiger partial charge in [0.15, 0.2) is 11.5 Å². The highest BCUT2D eigenvalue weighted by atomic mass is 16.5. The maximum Gasteiger partial charge on any atom is 0.259 e. The fourth-order valence-electron chi connectivity index (χ4n) is 5.03. The van der Waals surface area contributed by atoms with Gasteiger partial charge in [0.25, 0.3) is 5.91 Å². The summed E-state index contributed by atoms with van der Waals surface area (Å²) in [6, 6.07) is 11.8. The number of nitrogens with one attached hydrogen (secondary N) is 1. The average molecular weight is 462 g/mol. The van der Waals surface area contributed by atoms with Crippen LogP contribution in [0.25, 0.3) is 10.9 Å². The molecule has 176 valence electrons. The molecule has 0 saturated heterocycles. The third-order valence-electron chi connectivity index (χ3n) is 6.59. The lowest BCUT2D eigenvalue weighted by Gasteiger charge is -2.20. The van der Waals surface area contributed by atoms with Crippen LogP contribution in [-0.2, 0) is 20.9 Å². The van der Waals surface area contributed by atoms with Crippen LogP contribution in [0.2, 0.25) is 0 Å². The van der Waals surface area contributed by atoms with E-state index in [0.29, 0.717) is 30.2 Å². The van der Waals surface area contributed by atoms with Crippen molar-refractivity contribution in [1.82, 2.24) is 9.47 Å². The van der Waals surface area contributed by atoms with Gasteiger partial charge in [-0.3, -0.25) is 14.5 Å². The minimum absolute atomic E-state index is 0.220. The molecule has 0 fully saturated rings. The van der Waals surface area contributed by atoms with E-state index in [4.69, 9.17) is 14.2 Å². The second kappa shape index (κ2) is 8.53. The van der Waals surface area contributed by atoms with Gasteiger partial charge in [-0.15, -0.1) is 0 Å². The van der Waals surface area contributed by atoms with Gasteiger partial charge in [-0.2, -0.15) is 0 Å². The second-order valence-corrected chi connectivity index (χ2v) is 8.45. The van der Waals surface area contributed by atoms with Crippen LogP contribution in [0.3, 0.4) is 0 Å².